The van der Waals surface area contributed by atoms with E-state index >= 15 is 0 Å². The van der Waals surface area contributed by atoms with Crippen LogP contribution >= 0.6 is 11.6 Å². The standard InChI is InChI=1S/C8HClF6N2O4/c9-5(18)2-1-3(17(19)20)16-6(21-8(13,14)15)4(2)7(10,11)12/h1H. The first-order valence-corrected chi connectivity index (χ1v) is 4.93. The predicted octanol–water partition coefficient (Wildman–Crippen LogP) is 3.29. The highest BCUT2D eigenvalue weighted by Gasteiger charge is 2.47. The van der Waals surface area contributed by atoms with Gasteiger partial charge >= 0.3 is 24.2 Å². The Balaban J connectivity index is 3.71. The van der Waals surface area contributed by atoms with Crippen molar-refractivity contribution < 1.29 is 40.8 Å². The van der Waals surface area contributed by atoms with Crippen LogP contribution in [0.15, 0.2) is 6.07 Å². The number of aromatic nitrogens is 1. The third kappa shape index (κ3) is 4.18. The van der Waals surface area contributed by atoms with Gasteiger partial charge in [-0.2, -0.15) is 13.2 Å². The van der Waals surface area contributed by atoms with E-state index in [-0.39, 0.29) is 6.07 Å². The molecule has 0 amide bonds. The average molecular weight is 339 g/mol. The van der Waals surface area contributed by atoms with Gasteiger partial charge in [-0.1, -0.05) is 0 Å². The first-order chi connectivity index (χ1) is 9.33. The van der Waals surface area contributed by atoms with Crippen LogP contribution in [0.5, 0.6) is 5.88 Å². The average Bonchev–Trinajstić information content (AvgIpc) is 2.23. The van der Waals surface area contributed by atoms with Crippen molar-refractivity contribution in [2.75, 3.05) is 0 Å². The molecule has 1 heterocycles. The smallest absolute Gasteiger partial charge is 0.366 e. The molecule has 0 unspecified atom stereocenters. The monoisotopic (exact) mass is 338 g/mol. The summed E-state index contributed by atoms with van der Waals surface area (Å²) in [6.07, 6.45) is -11.1. The Morgan fingerprint density at radius 3 is 2.14 bits per heavy atom. The second kappa shape index (κ2) is 5.35. The quantitative estimate of drug-likeness (QED) is 0.365. The van der Waals surface area contributed by atoms with Gasteiger partial charge in [0.15, 0.2) is 5.56 Å². The Hall–Kier alpha value is -2.11. The Morgan fingerprint density at radius 2 is 1.81 bits per heavy atom. The van der Waals surface area contributed by atoms with Crippen molar-refractivity contribution in [2.45, 2.75) is 12.5 Å². The van der Waals surface area contributed by atoms with Gasteiger partial charge in [-0.3, -0.25) is 4.79 Å². The van der Waals surface area contributed by atoms with E-state index in [0.717, 1.165) is 0 Å². The van der Waals surface area contributed by atoms with Gasteiger partial charge in [0.25, 0.3) is 5.24 Å². The number of hydrogen-bond donors (Lipinski definition) is 0. The molecule has 0 fully saturated rings. The molecule has 1 rings (SSSR count). The normalized spacial score (nSPS) is 12.1. The van der Waals surface area contributed by atoms with E-state index in [9.17, 15) is 41.3 Å². The minimum Gasteiger partial charge on any atom is -0.366 e. The Kier molecular flexibility index (Phi) is 4.32. The highest BCUT2D eigenvalue weighted by Crippen LogP contribution is 2.41. The summed E-state index contributed by atoms with van der Waals surface area (Å²) in [5, 5.41) is 8.56. The third-order valence-electron chi connectivity index (χ3n) is 1.87. The van der Waals surface area contributed by atoms with Crippen molar-refractivity contribution in [3.05, 3.63) is 27.3 Å². The zero-order chi connectivity index (χ0) is 16.6. The van der Waals surface area contributed by atoms with Crippen LogP contribution in [0, 0.1) is 10.1 Å². The van der Waals surface area contributed by atoms with Gasteiger partial charge in [0.1, 0.15) is 0 Å². The van der Waals surface area contributed by atoms with E-state index in [1.165, 1.54) is 0 Å². The number of alkyl halides is 6. The molecular weight excluding hydrogens is 338 g/mol. The van der Waals surface area contributed by atoms with Gasteiger partial charge in [0.2, 0.25) is 0 Å². The summed E-state index contributed by atoms with van der Waals surface area (Å²) in [7, 11) is 0. The van der Waals surface area contributed by atoms with E-state index in [1.807, 2.05) is 0 Å². The van der Waals surface area contributed by atoms with Gasteiger partial charge in [0, 0.05) is 11.1 Å². The summed E-state index contributed by atoms with van der Waals surface area (Å²) in [6, 6.07) is 0.00138. The molecule has 0 saturated heterocycles. The number of nitro groups is 1. The molecule has 0 spiro atoms. The molecule has 0 radical (unpaired) electrons. The minimum atomic E-state index is -5.62. The number of carbonyl (C=O) groups is 1. The highest BCUT2D eigenvalue weighted by atomic mass is 35.5. The molecular formula is C8HClF6N2O4. The van der Waals surface area contributed by atoms with Crippen LogP contribution in [-0.2, 0) is 6.18 Å². The second-order valence-electron chi connectivity index (χ2n) is 3.28. The van der Waals surface area contributed by atoms with E-state index in [0.29, 0.717) is 0 Å². The maximum Gasteiger partial charge on any atom is 0.575 e. The Labute approximate surface area is 115 Å². The predicted molar refractivity (Wildman–Crippen MR) is 52.8 cm³/mol. The molecule has 21 heavy (non-hydrogen) atoms. The number of nitrogens with zero attached hydrogens (tertiary/aromatic N) is 2. The van der Waals surface area contributed by atoms with Gasteiger partial charge in [-0.05, 0) is 16.5 Å². The van der Waals surface area contributed by atoms with Crippen molar-refractivity contribution >= 4 is 22.7 Å². The molecule has 0 N–H and O–H groups in total. The molecule has 0 aromatic carbocycles. The van der Waals surface area contributed by atoms with E-state index < -0.39 is 45.5 Å². The van der Waals surface area contributed by atoms with Crippen molar-refractivity contribution in [2.24, 2.45) is 0 Å². The van der Waals surface area contributed by atoms with Crippen LogP contribution in [0.4, 0.5) is 32.2 Å². The summed E-state index contributed by atoms with van der Waals surface area (Å²) in [6.45, 7) is 0. The van der Waals surface area contributed by atoms with Gasteiger partial charge in [-0.25, -0.2) is 0 Å². The van der Waals surface area contributed by atoms with Gasteiger partial charge < -0.3 is 14.9 Å². The van der Waals surface area contributed by atoms with Crippen molar-refractivity contribution in [1.29, 1.82) is 0 Å². The SMILES string of the molecule is O=C(Cl)c1cc([N+](=O)[O-])nc(OC(F)(F)F)c1C(F)(F)F. The molecule has 0 aliphatic carbocycles. The third-order valence-corrected chi connectivity index (χ3v) is 2.07. The molecule has 0 aliphatic rings. The fraction of sp³-hybridized carbons (Fsp3) is 0.250. The lowest BCUT2D eigenvalue weighted by Crippen LogP contribution is -2.23. The maximum atomic E-state index is 12.7. The number of rotatable bonds is 3. The van der Waals surface area contributed by atoms with Gasteiger partial charge in [-0.15, -0.1) is 13.2 Å². The zero-order valence-corrected chi connectivity index (χ0v) is 10.0. The van der Waals surface area contributed by atoms with E-state index in [2.05, 4.69) is 9.72 Å². The molecule has 1 aromatic heterocycles. The molecule has 13 heteroatoms. The topological polar surface area (TPSA) is 82.3 Å². The molecule has 6 nitrogen and oxygen atoms in total. The number of hydrogen-bond acceptors (Lipinski definition) is 5. The molecule has 0 aliphatic heterocycles. The van der Waals surface area contributed by atoms with Crippen LogP contribution in [0.1, 0.15) is 15.9 Å². The molecule has 1 aromatic rings. The van der Waals surface area contributed by atoms with Crippen molar-refractivity contribution in [3.8, 4) is 5.88 Å². The van der Waals surface area contributed by atoms with Crippen LogP contribution in [0.3, 0.4) is 0 Å². The number of carbonyl (C=O) groups excluding carboxylic acids is 1. The van der Waals surface area contributed by atoms with Crippen molar-refractivity contribution in [1.82, 2.24) is 4.98 Å². The Bertz CT molecular complexity index is 600. The fourth-order valence-electron chi connectivity index (χ4n) is 1.21. The van der Waals surface area contributed by atoms with Crippen LogP contribution < -0.4 is 4.74 Å². The molecule has 116 valence electrons. The number of halogens is 7. The van der Waals surface area contributed by atoms with E-state index in [4.69, 9.17) is 11.6 Å². The van der Waals surface area contributed by atoms with Crippen LogP contribution in [0.25, 0.3) is 0 Å². The van der Waals surface area contributed by atoms with E-state index in [1.54, 1.807) is 0 Å². The lowest BCUT2D eigenvalue weighted by atomic mass is 10.1. The molecule has 0 atom stereocenters. The van der Waals surface area contributed by atoms with Crippen LogP contribution in [0.2, 0.25) is 0 Å². The molecule has 0 bridgehead atoms. The summed E-state index contributed by atoms with van der Waals surface area (Å²) >= 11 is 4.81. The van der Waals surface area contributed by atoms with Gasteiger partial charge in [0.05, 0.1) is 5.56 Å². The highest BCUT2D eigenvalue weighted by molar-refractivity contribution is 6.68. The first-order valence-electron chi connectivity index (χ1n) is 4.55. The van der Waals surface area contributed by atoms with Crippen LogP contribution in [-0.4, -0.2) is 21.5 Å². The van der Waals surface area contributed by atoms with Crippen molar-refractivity contribution in [3.63, 3.8) is 0 Å². The molecule has 0 saturated carbocycles. The first kappa shape index (κ1) is 16.9. The summed E-state index contributed by atoms with van der Waals surface area (Å²) in [5.41, 5.74) is -3.84. The number of pyridine rings is 1. The fourth-order valence-corrected chi connectivity index (χ4v) is 1.36. The second-order valence-corrected chi connectivity index (χ2v) is 3.63. The summed E-state index contributed by atoms with van der Waals surface area (Å²) in [4.78, 5) is 22.4. The lowest BCUT2D eigenvalue weighted by molar-refractivity contribution is -0.390. The Morgan fingerprint density at radius 1 is 1.29 bits per heavy atom. The maximum absolute atomic E-state index is 12.7. The lowest BCUT2D eigenvalue weighted by Gasteiger charge is -2.13. The largest absolute Gasteiger partial charge is 0.575 e. The minimum absolute atomic E-state index is 0.00138. The number of ether oxygens (including phenoxy) is 1. The summed E-state index contributed by atoms with van der Waals surface area (Å²) in [5.74, 6) is -3.65. The zero-order valence-electron chi connectivity index (χ0n) is 9.25. The summed E-state index contributed by atoms with van der Waals surface area (Å²) < 4.78 is 77.3.